The molecule has 0 spiro atoms. The van der Waals surface area contributed by atoms with Crippen LogP contribution >= 0.6 is 11.6 Å². The van der Waals surface area contributed by atoms with Crippen LogP contribution in [0.25, 0.3) is 0 Å². The minimum atomic E-state index is -1.63. The molecule has 1 aliphatic rings. The average molecular weight is 387 g/mol. The number of amides is 1. The van der Waals surface area contributed by atoms with Crippen LogP contribution in [-0.4, -0.2) is 10.9 Å². The van der Waals surface area contributed by atoms with E-state index >= 15 is 4.39 Å². The summed E-state index contributed by atoms with van der Waals surface area (Å²) in [5, 5.41) is 3.22. The van der Waals surface area contributed by atoms with Gasteiger partial charge in [0.1, 0.15) is 0 Å². The van der Waals surface area contributed by atoms with Crippen molar-refractivity contribution < 1.29 is 9.18 Å². The standard InChI is InChI=1S/C22H24ClFN2O/c1-21(2,3)16-6-8-17(9-7-16)26-20(27)15-10-12-22(24,13-11-15)19-18(23)5-4-14-25-19/h4-10,14H,11-13H2,1-3H3,(H,26,27). The Labute approximate surface area is 164 Å². The molecule has 1 aromatic heterocycles. The molecule has 0 radical (unpaired) electrons. The van der Waals surface area contributed by atoms with Crippen molar-refractivity contribution >= 4 is 23.2 Å². The topological polar surface area (TPSA) is 42.0 Å². The van der Waals surface area contributed by atoms with Crippen LogP contribution < -0.4 is 5.32 Å². The molecule has 1 atom stereocenters. The molecule has 1 N–H and O–H groups in total. The van der Waals surface area contributed by atoms with Gasteiger partial charge in [-0.1, -0.05) is 50.6 Å². The number of nitrogens with one attached hydrogen (secondary N) is 1. The Bertz CT molecular complexity index is 871. The Morgan fingerprint density at radius 1 is 1.22 bits per heavy atom. The number of aromatic nitrogens is 1. The van der Waals surface area contributed by atoms with Crippen molar-refractivity contribution in [1.29, 1.82) is 0 Å². The largest absolute Gasteiger partial charge is 0.322 e. The van der Waals surface area contributed by atoms with E-state index in [1.807, 2.05) is 24.3 Å². The van der Waals surface area contributed by atoms with Crippen molar-refractivity contribution in [1.82, 2.24) is 4.98 Å². The maximum absolute atomic E-state index is 15.3. The number of carbonyl (C=O) groups excluding carboxylic acids is 1. The van der Waals surface area contributed by atoms with Crippen molar-refractivity contribution in [3.8, 4) is 0 Å². The first-order valence-electron chi connectivity index (χ1n) is 9.10. The van der Waals surface area contributed by atoms with Gasteiger partial charge in [0.25, 0.3) is 5.91 Å². The van der Waals surface area contributed by atoms with Gasteiger partial charge in [-0.15, -0.1) is 0 Å². The van der Waals surface area contributed by atoms with Gasteiger partial charge in [-0.25, -0.2) is 4.39 Å². The molecule has 5 heteroatoms. The molecule has 3 nitrogen and oxygen atoms in total. The predicted octanol–water partition coefficient (Wildman–Crippen LogP) is 5.95. The van der Waals surface area contributed by atoms with E-state index in [0.29, 0.717) is 17.0 Å². The first kappa shape index (κ1) is 19.6. The van der Waals surface area contributed by atoms with Crippen LogP contribution in [0.2, 0.25) is 5.02 Å². The Balaban J connectivity index is 1.69. The number of anilines is 1. The molecule has 1 aromatic carbocycles. The van der Waals surface area contributed by atoms with E-state index in [1.54, 1.807) is 18.2 Å². The zero-order chi connectivity index (χ0) is 19.7. The van der Waals surface area contributed by atoms with E-state index < -0.39 is 5.67 Å². The normalized spacial score (nSPS) is 20.1. The van der Waals surface area contributed by atoms with E-state index in [0.717, 1.165) is 5.69 Å². The highest BCUT2D eigenvalue weighted by Gasteiger charge is 2.37. The molecular formula is C22H24ClFN2O. The highest BCUT2D eigenvalue weighted by atomic mass is 35.5. The summed E-state index contributed by atoms with van der Waals surface area (Å²) >= 11 is 6.10. The number of benzene rings is 1. The third-order valence-electron chi connectivity index (χ3n) is 4.95. The first-order chi connectivity index (χ1) is 12.7. The molecule has 27 heavy (non-hydrogen) atoms. The van der Waals surface area contributed by atoms with E-state index in [1.165, 1.54) is 11.8 Å². The number of halogens is 2. The Kier molecular flexibility index (Phi) is 5.38. The Hall–Kier alpha value is -2.20. The number of hydrogen-bond donors (Lipinski definition) is 1. The van der Waals surface area contributed by atoms with Gasteiger partial charge in [-0.05, 0) is 48.1 Å². The van der Waals surface area contributed by atoms with Gasteiger partial charge in [0.15, 0.2) is 5.67 Å². The van der Waals surface area contributed by atoms with Crippen LogP contribution in [0.15, 0.2) is 54.2 Å². The second kappa shape index (κ2) is 7.43. The third-order valence-corrected chi connectivity index (χ3v) is 5.25. The van der Waals surface area contributed by atoms with E-state index in [2.05, 4.69) is 31.1 Å². The number of nitrogens with zero attached hydrogens (tertiary/aromatic N) is 1. The highest BCUT2D eigenvalue weighted by molar-refractivity contribution is 6.31. The summed E-state index contributed by atoms with van der Waals surface area (Å²) in [4.78, 5) is 16.6. The third kappa shape index (κ3) is 4.38. The zero-order valence-electron chi connectivity index (χ0n) is 15.9. The van der Waals surface area contributed by atoms with E-state index in [4.69, 9.17) is 11.6 Å². The monoisotopic (exact) mass is 386 g/mol. The van der Waals surface area contributed by atoms with Gasteiger partial charge >= 0.3 is 0 Å². The summed E-state index contributed by atoms with van der Waals surface area (Å²) < 4.78 is 15.3. The molecule has 0 saturated heterocycles. The lowest BCUT2D eigenvalue weighted by Crippen LogP contribution is -2.27. The molecule has 0 saturated carbocycles. The molecule has 1 aliphatic carbocycles. The fourth-order valence-electron chi connectivity index (χ4n) is 3.22. The summed E-state index contributed by atoms with van der Waals surface area (Å²) in [6.07, 6.45) is 3.82. The molecule has 0 aliphatic heterocycles. The fourth-order valence-corrected chi connectivity index (χ4v) is 3.51. The summed E-state index contributed by atoms with van der Waals surface area (Å²) in [7, 11) is 0. The lowest BCUT2D eigenvalue weighted by atomic mass is 9.84. The maximum atomic E-state index is 15.3. The number of allylic oxidation sites excluding steroid dienone is 1. The lowest BCUT2D eigenvalue weighted by Gasteiger charge is -2.28. The average Bonchev–Trinajstić information content (AvgIpc) is 2.62. The van der Waals surface area contributed by atoms with Crippen molar-refractivity contribution in [3.05, 3.63) is 70.5 Å². The molecule has 0 bridgehead atoms. The minimum absolute atomic E-state index is 0.0612. The second-order valence-corrected chi connectivity index (χ2v) is 8.42. The summed E-state index contributed by atoms with van der Waals surface area (Å²) in [5.41, 5.74) is 1.21. The van der Waals surface area contributed by atoms with Gasteiger partial charge in [0, 0.05) is 23.9 Å². The number of hydrogen-bond acceptors (Lipinski definition) is 2. The molecule has 1 heterocycles. The molecule has 0 fully saturated rings. The first-order valence-corrected chi connectivity index (χ1v) is 9.48. The Morgan fingerprint density at radius 3 is 2.48 bits per heavy atom. The van der Waals surface area contributed by atoms with Crippen LogP contribution in [0.3, 0.4) is 0 Å². The predicted molar refractivity (Wildman–Crippen MR) is 108 cm³/mol. The van der Waals surface area contributed by atoms with Gasteiger partial charge < -0.3 is 5.32 Å². The van der Waals surface area contributed by atoms with E-state index in [-0.39, 0.29) is 29.9 Å². The van der Waals surface area contributed by atoms with Gasteiger partial charge in [-0.3, -0.25) is 9.78 Å². The second-order valence-electron chi connectivity index (χ2n) is 8.01. The quantitative estimate of drug-likeness (QED) is 0.708. The number of rotatable bonds is 3. The summed E-state index contributed by atoms with van der Waals surface area (Å²) in [5.74, 6) is -0.187. The van der Waals surface area contributed by atoms with Crippen LogP contribution in [0.1, 0.15) is 51.3 Å². The SMILES string of the molecule is CC(C)(C)c1ccc(NC(=O)C2=CCC(F)(c3ncccc3Cl)CC2)cc1. The number of pyridine rings is 1. The summed E-state index contributed by atoms with van der Waals surface area (Å²) in [6.45, 7) is 6.43. The van der Waals surface area contributed by atoms with Crippen LogP contribution in [0.4, 0.5) is 10.1 Å². The van der Waals surface area contributed by atoms with Gasteiger partial charge in [0.05, 0.1) is 10.7 Å². The molecule has 1 amide bonds. The van der Waals surface area contributed by atoms with Crippen LogP contribution in [0, 0.1) is 0 Å². The number of alkyl halides is 1. The lowest BCUT2D eigenvalue weighted by molar-refractivity contribution is -0.113. The van der Waals surface area contributed by atoms with Crippen LogP contribution in [0.5, 0.6) is 0 Å². The van der Waals surface area contributed by atoms with Crippen molar-refractivity contribution in [3.63, 3.8) is 0 Å². The van der Waals surface area contributed by atoms with Crippen molar-refractivity contribution in [2.75, 3.05) is 5.32 Å². The molecule has 3 rings (SSSR count). The van der Waals surface area contributed by atoms with Gasteiger partial charge in [-0.2, -0.15) is 0 Å². The maximum Gasteiger partial charge on any atom is 0.251 e. The highest BCUT2D eigenvalue weighted by Crippen LogP contribution is 2.41. The smallest absolute Gasteiger partial charge is 0.251 e. The van der Waals surface area contributed by atoms with Crippen molar-refractivity contribution in [2.24, 2.45) is 0 Å². The van der Waals surface area contributed by atoms with Crippen LogP contribution in [-0.2, 0) is 15.9 Å². The minimum Gasteiger partial charge on any atom is -0.322 e. The molecule has 142 valence electrons. The fraction of sp³-hybridized carbons (Fsp3) is 0.364. The van der Waals surface area contributed by atoms with E-state index in [9.17, 15) is 4.79 Å². The van der Waals surface area contributed by atoms with Crippen molar-refractivity contribution in [2.45, 2.75) is 51.1 Å². The Morgan fingerprint density at radius 2 is 1.93 bits per heavy atom. The molecule has 2 aromatic rings. The van der Waals surface area contributed by atoms with Gasteiger partial charge in [0.2, 0.25) is 0 Å². The molecular weight excluding hydrogens is 363 g/mol. The molecule has 1 unspecified atom stereocenters. The zero-order valence-corrected chi connectivity index (χ0v) is 16.6. The summed E-state index contributed by atoms with van der Waals surface area (Å²) in [6, 6.07) is 11.1. The number of carbonyl (C=O) groups is 1.